The number of rotatable bonds is 5. The number of likely N-dealkylation sites (N-methyl/N-ethyl adjacent to an activating group) is 1. The van der Waals surface area contributed by atoms with Crippen LogP contribution in [-0.2, 0) is 17.5 Å². The van der Waals surface area contributed by atoms with E-state index in [9.17, 15) is 18.0 Å². The van der Waals surface area contributed by atoms with Gasteiger partial charge in [-0.3, -0.25) is 4.79 Å². The fourth-order valence-electron chi connectivity index (χ4n) is 1.78. The smallest absolute Gasteiger partial charge is 0.368 e. The van der Waals surface area contributed by atoms with E-state index in [2.05, 4.69) is 0 Å². The molecule has 4 N–H and O–H groups in total. The molecule has 0 spiro atoms. The monoisotopic (exact) mass is 275 g/mol. The van der Waals surface area contributed by atoms with Gasteiger partial charge in [0.2, 0.25) is 5.91 Å². The molecule has 1 aromatic carbocycles. The van der Waals surface area contributed by atoms with Gasteiger partial charge in [-0.15, -0.1) is 0 Å². The summed E-state index contributed by atoms with van der Waals surface area (Å²) in [4.78, 5) is 12.4. The van der Waals surface area contributed by atoms with Crippen LogP contribution in [0.3, 0.4) is 0 Å². The zero-order valence-corrected chi connectivity index (χ0v) is 10.5. The first kappa shape index (κ1) is 15.3. The predicted molar refractivity (Wildman–Crippen MR) is 66.4 cm³/mol. The Bertz CT molecular complexity index is 460. The number of benzene rings is 1. The van der Waals surface area contributed by atoms with Crippen molar-refractivity contribution in [1.29, 1.82) is 0 Å². The lowest BCUT2D eigenvalue weighted by Crippen LogP contribution is -2.33. The van der Waals surface area contributed by atoms with Gasteiger partial charge in [0, 0.05) is 18.8 Å². The molecule has 19 heavy (non-hydrogen) atoms. The van der Waals surface area contributed by atoms with Gasteiger partial charge in [0.15, 0.2) is 0 Å². The van der Waals surface area contributed by atoms with Crippen LogP contribution in [-0.4, -0.2) is 19.0 Å². The van der Waals surface area contributed by atoms with E-state index >= 15 is 0 Å². The SMILES string of the molecule is CCN(CC(N)=O)c1ccc(CN)c(C(F)(F)F)c1. The van der Waals surface area contributed by atoms with Crippen LogP contribution in [0.2, 0.25) is 0 Å². The van der Waals surface area contributed by atoms with E-state index in [-0.39, 0.29) is 18.7 Å². The van der Waals surface area contributed by atoms with E-state index < -0.39 is 17.6 Å². The quantitative estimate of drug-likeness (QED) is 0.854. The van der Waals surface area contributed by atoms with Crippen molar-refractivity contribution in [3.05, 3.63) is 29.3 Å². The summed E-state index contributed by atoms with van der Waals surface area (Å²) in [5, 5.41) is 0. The highest BCUT2D eigenvalue weighted by molar-refractivity contribution is 5.79. The topological polar surface area (TPSA) is 72.3 Å². The van der Waals surface area contributed by atoms with Crippen LogP contribution in [0.5, 0.6) is 0 Å². The van der Waals surface area contributed by atoms with Crippen LogP contribution in [0.1, 0.15) is 18.1 Å². The van der Waals surface area contributed by atoms with Crippen LogP contribution >= 0.6 is 0 Å². The molecule has 1 aromatic rings. The van der Waals surface area contributed by atoms with Crippen LogP contribution in [0.15, 0.2) is 18.2 Å². The zero-order chi connectivity index (χ0) is 14.6. The largest absolute Gasteiger partial charge is 0.416 e. The van der Waals surface area contributed by atoms with Crippen LogP contribution < -0.4 is 16.4 Å². The number of carbonyl (C=O) groups is 1. The Morgan fingerprint density at radius 2 is 2.00 bits per heavy atom. The molecule has 0 aliphatic carbocycles. The van der Waals surface area contributed by atoms with Crippen molar-refractivity contribution < 1.29 is 18.0 Å². The minimum Gasteiger partial charge on any atom is -0.368 e. The third-order valence-corrected chi connectivity index (χ3v) is 2.71. The molecule has 1 rings (SSSR count). The van der Waals surface area contributed by atoms with Crippen molar-refractivity contribution in [1.82, 2.24) is 0 Å². The summed E-state index contributed by atoms with van der Waals surface area (Å²) >= 11 is 0. The molecular weight excluding hydrogens is 259 g/mol. The predicted octanol–water partition coefficient (Wildman–Crippen LogP) is 1.48. The van der Waals surface area contributed by atoms with Gasteiger partial charge < -0.3 is 16.4 Å². The molecule has 7 heteroatoms. The second-order valence-corrected chi connectivity index (χ2v) is 4.02. The molecule has 4 nitrogen and oxygen atoms in total. The molecule has 0 fully saturated rings. The lowest BCUT2D eigenvalue weighted by Gasteiger charge is -2.23. The Hall–Kier alpha value is -1.76. The Balaban J connectivity index is 3.20. The number of nitrogens with two attached hydrogens (primary N) is 2. The molecule has 1 amide bonds. The maximum absolute atomic E-state index is 12.9. The first-order chi connectivity index (χ1) is 8.79. The number of carbonyl (C=O) groups excluding carboxylic acids is 1. The number of hydrogen-bond acceptors (Lipinski definition) is 3. The van der Waals surface area contributed by atoms with Crippen molar-refractivity contribution in [2.75, 3.05) is 18.0 Å². The third kappa shape index (κ3) is 3.85. The molecular formula is C12H16F3N3O. The third-order valence-electron chi connectivity index (χ3n) is 2.71. The van der Waals surface area contributed by atoms with Gasteiger partial charge in [-0.05, 0) is 24.6 Å². The molecule has 0 aliphatic rings. The lowest BCUT2D eigenvalue weighted by atomic mass is 10.1. The highest BCUT2D eigenvalue weighted by Gasteiger charge is 2.33. The van der Waals surface area contributed by atoms with Gasteiger partial charge in [-0.1, -0.05) is 6.07 Å². The highest BCUT2D eigenvalue weighted by atomic mass is 19.4. The maximum atomic E-state index is 12.9. The van der Waals surface area contributed by atoms with Crippen molar-refractivity contribution in [3.63, 3.8) is 0 Å². The molecule has 106 valence electrons. The standard InChI is InChI=1S/C12H16F3N3O/c1-2-18(7-11(17)19)9-4-3-8(6-16)10(5-9)12(13,14)15/h3-5H,2,6-7,16H2,1H3,(H2,17,19). The Kier molecular flexibility index (Phi) is 4.77. The summed E-state index contributed by atoms with van der Waals surface area (Å²) in [7, 11) is 0. The summed E-state index contributed by atoms with van der Waals surface area (Å²) in [6, 6.07) is 3.82. The number of alkyl halides is 3. The Labute approximate surface area is 109 Å². The molecule has 0 radical (unpaired) electrons. The summed E-state index contributed by atoms with van der Waals surface area (Å²) in [6.45, 7) is 1.78. The fourth-order valence-corrected chi connectivity index (χ4v) is 1.78. The average molecular weight is 275 g/mol. The first-order valence-electron chi connectivity index (χ1n) is 5.73. The number of anilines is 1. The summed E-state index contributed by atoms with van der Waals surface area (Å²) < 4.78 is 38.6. The molecule has 0 heterocycles. The van der Waals surface area contributed by atoms with Crippen molar-refractivity contribution in [2.24, 2.45) is 11.5 Å². The molecule has 0 atom stereocenters. The molecule has 0 saturated carbocycles. The summed E-state index contributed by atoms with van der Waals surface area (Å²) in [5.74, 6) is -0.599. The van der Waals surface area contributed by atoms with Gasteiger partial charge in [-0.2, -0.15) is 13.2 Å². The lowest BCUT2D eigenvalue weighted by molar-refractivity contribution is -0.138. The minimum atomic E-state index is -4.48. The van der Waals surface area contributed by atoms with Crippen LogP contribution in [0.4, 0.5) is 18.9 Å². The van der Waals surface area contributed by atoms with Gasteiger partial charge in [0.05, 0.1) is 12.1 Å². The second-order valence-electron chi connectivity index (χ2n) is 4.02. The molecule has 0 unspecified atom stereocenters. The van der Waals surface area contributed by atoms with Crippen LogP contribution in [0, 0.1) is 0 Å². The Morgan fingerprint density at radius 1 is 1.37 bits per heavy atom. The van der Waals surface area contributed by atoms with Crippen molar-refractivity contribution >= 4 is 11.6 Å². The van der Waals surface area contributed by atoms with E-state index in [0.717, 1.165) is 6.07 Å². The Morgan fingerprint density at radius 3 is 2.42 bits per heavy atom. The second kappa shape index (κ2) is 5.92. The van der Waals surface area contributed by atoms with Crippen LogP contribution in [0.25, 0.3) is 0 Å². The van der Waals surface area contributed by atoms with E-state index in [0.29, 0.717) is 12.2 Å². The maximum Gasteiger partial charge on any atom is 0.416 e. The molecule has 0 aromatic heterocycles. The zero-order valence-electron chi connectivity index (χ0n) is 10.5. The van der Waals surface area contributed by atoms with E-state index in [1.807, 2.05) is 0 Å². The van der Waals surface area contributed by atoms with E-state index in [1.165, 1.54) is 17.0 Å². The molecule has 0 bridgehead atoms. The van der Waals surface area contributed by atoms with Crippen molar-refractivity contribution in [3.8, 4) is 0 Å². The number of nitrogens with zero attached hydrogens (tertiary/aromatic N) is 1. The van der Waals surface area contributed by atoms with Crippen molar-refractivity contribution in [2.45, 2.75) is 19.6 Å². The number of halogens is 3. The molecule has 0 aliphatic heterocycles. The van der Waals surface area contributed by atoms with E-state index in [4.69, 9.17) is 11.5 Å². The number of hydrogen-bond donors (Lipinski definition) is 2. The number of primary amides is 1. The average Bonchev–Trinajstić information content (AvgIpc) is 2.34. The van der Waals surface area contributed by atoms with Gasteiger partial charge in [0.25, 0.3) is 0 Å². The summed E-state index contributed by atoms with van der Waals surface area (Å²) in [5.41, 5.74) is 9.90. The van der Waals surface area contributed by atoms with Gasteiger partial charge in [0.1, 0.15) is 0 Å². The fraction of sp³-hybridized carbons (Fsp3) is 0.417. The van der Waals surface area contributed by atoms with E-state index in [1.54, 1.807) is 6.92 Å². The molecule has 0 saturated heterocycles. The highest BCUT2D eigenvalue weighted by Crippen LogP contribution is 2.34. The van der Waals surface area contributed by atoms with Gasteiger partial charge >= 0.3 is 6.18 Å². The number of amides is 1. The minimum absolute atomic E-state index is 0.0198. The first-order valence-corrected chi connectivity index (χ1v) is 5.73. The summed E-state index contributed by atoms with van der Waals surface area (Å²) in [6.07, 6.45) is -4.48. The van der Waals surface area contributed by atoms with Gasteiger partial charge in [-0.25, -0.2) is 0 Å². The normalized spacial score (nSPS) is 11.4.